The number of carbonyl (C=O) groups is 4. The average molecular weight is 361 g/mol. The minimum atomic E-state index is -0.739. The molecule has 0 spiro atoms. The summed E-state index contributed by atoms with van der Waals surface area (Å²) in [7, 11) is 1.27. The van der Waals surface area contributed by atoms with Crippen molar-refractivity contribution in [2.45, 2.75) is 13.5 Å². The minimum absolute atomic E-state index is 0.202. The highest BCUT2D eigenvalue weighted by Crippen LogP contribution is 2.22. The van der Waals surface area contributed by atoms with Gasteiger partial charge in [0.15, 0.2) is 6.61 Å². The fourth-order valence-corrected chi connectivity index (χ4v) is 2.35. The number of hydrogen-bond donors (Lipinski definition) is 2. The molecule has 0 fully saturated rings. The maximum absolute atomic E-state index is 12.0. The second-order valence-electron chi connectivity index (χ2n) is 5.25. The normalized spacial score (nSPS) is 10.2. The number of nitrogens with zero attached hydrogens (tertiary/aromatic N) is 1. The largest absolute Gasteiger partial charge is 0.465 e. The Morgan fingerprint density at radius 3 is 2.58 bits per heavy atom. The SMILES string of the molecule is CCNC(=O)NC(=O)COC(=O)Cn1cc(C(=O)OC)c2ccccc21. The van der Waals surface area contributed by atoms with Gasteiger partial charge in [0.2, 0.25) is 0 Å². The van der Waals surface area contributed by atoms with Crippen LogP contribution in [0.2, 0.25) is 0 Å². The molecule has 0 aliphatic carbocycles. The predicted molar refractivity (Wildman–Crippen MR) is 91.5 cm³/mol. The Kier molecular flexibility index (Phi) is 6.31. The highest BCUT2D eigenvalue weighted by atomic mass is 16.5. The van der Waals surface area contributed by atoms with Crippen LogP contribution in [0.5, 0.6) is 0 Å². The zero-order valence-corrected chi connectivity index (χ0v) is 14.4. The van der Waals surface area contributed by atoms with E-state index in [1.165, 1.54) is 17.9 Å². The monoisotopic (exact) mass is 361 g/mol. The molecule has 1 aromatic heterocycles. The van der Waals surface area contributed by atoms with Gasteiger partial charge in [-0.25, -0.2) is 9.59 Å². The lowest BCUT2D eigenvalue weighted by atomic mass is 10.2. The second-order valence-corrected chi connectivity index (χ2v) is 5.25. The number of aromatic nitrogens is 1. The fraction of sp³-hybridized carbons (Fsp3) is 0.294. The highest BCUT2D eigenvalue weighted by Gasteiger charge is 2.17. The van der Waals surface area contributed by atoms with E-state index < -0.39 is 30.5 Å². The van der Waals surface area contributed by atoms with Crippen molar-refractivity contribution in [1.29, 1.82) is 0 Å². The zero-order chi connectivity index (χ0) is 19.1. The number of carbonyl (C=O) groups excluding carboxylic acids is 4. The van der Waals surface area contributed by atoms with Gasteiger partial charge >= 0.3 is 18.0 Å². The van der Waals surface area contributed by atoms with E-state index in [1.54, 1.807) is 31.2 Å². The van der Waals surface area contributed by atoms with Crippen molar-refractivity contribution in [1.82, 2.24) is 15.2 Å². The van der Waals surface area contributed by atoms with E-state index >= 15 is 0 Å². The molecule has 2 N–H and O–H groups in total. The molecular weight excluding hydrogens is 342 g/mol. The van der Waals surface area contributed by atoms with Crippen LogP contribution in [0, 0.1) is 0 Å². The molecule has 3 amide bonds. The van der Waals surface area contributed by atoms with Gasteiger partial charge in [-0.1, -0.05) is 18.2 Å². The number of fused-ring (bicyclic) bond motifs is 1. The Morgan fingerprint density at radius 1 is 1.15 bits per heavy atom. The number of nitrogens with one attached hydrogen (secondary N) is 2. The summed E-state index contributed by atoms with van der Waals surface area (Å²) >= 11 is 0. The van der Waals surface area contributed by atoms with E-state index in [1.807, 2.05) is 5.32 Å². The highest BCUT2D eigenvalue weighted by molar-refractivity contribution is 6.04. The van der Waals surface area contributed by atoms with Crippen LogP contribution in [0.4, 0.5) is 4.79 Å². The molecule has 1 aromatic carbocycles. The molecule has 0 unspecified atom stereocenters. The Morgan fingerprint density at radius 2 is 1.88 bits per heavy atom. The molecule has 0 aliphatic rings. The van der Waals surface area contributed by atoms with Crippen molar-refractivity contribution < 1.29 is 28.7 Å². The van der Waals surface area contributed by atoms with E-state index in [-0.39, 0.29) is 6.54 Å². The van der Waals surface area contributed by atoms with Crippen molar-refractivity contribution in [2.24, 2.45) is 0 Å². The molecule has 2 aromatic rings. The second kappa shape index (κ2) is 8.65. The Bertz CT molecular complexity index is 842. The van der Waals surface area contributed by atoms with Crippen LogP contribution in [-0.2, 0) is 25.6 Å². The smallest absolute Gasteiger partial charge is 0.340 e. The number of rotatable bonds is 6. The first-order valence-corrected chi connectivity index (χ1v) is 7.85. The number of benzene rings is 1. The van der Waals surface area contributed by atoms with E-state index in [2.05, 4.69) is 5.32 Å². The average Bonchev–Trinajstić information content (AvgIpc) is 2.98. The maximum Gasteiger partial charge on any atom is 0.340 e. The van der Waals surface area contributed by atoms with Crippen molar-refractivity contribution in [3.05, 3.63) is 36.0 Å². The van der Waals surface area contributed by atoms with Gasteiger partial charge < -0.3 is 19.4 Å². The standard InChI is InChI=1S/C17H19N3O6/c1-3-18-17(24)19-14(21)10-26-15(22)9-20-8-12(16(23)25-2)11-6-4-5-7-13(11)20/h4-8H,3,9-10H2,1-2H3,(H2,18,19,21,24). The summed E-state index contributed by atoms with van der Waals surface area (Å²) in [4.78, 5) is 46.5. The van der Waals surface area contributed by atoms with E-state index in [4.69, 9.17) is 9.47 Å². The third-order valence-corrected chi connectivity index (χ3v) is 3.45. The summed E-state index contributed by atoms with van der Waals surface area (Å²) < 4.78 is 11.1. The molecule has 26 heavy (non-hydrogen) atoms. The van der Waals surface area contributed by atoms with E-state index in [9.17, 15) is 19.2 Å². The van der Waals surface area contributed by atoms with Gasteiger partial charge in [-0.05, 0) is 13.0 Å². The summed E-state index contributed by atoms with van der Waals surface area (Å²) in [6.07, 6.45) is 1.49. The molecule has 0 radical (unpaired) electrons. The molecule has 1 heterocycles. The van der Waals surface area contributed by atoms with E-state index in [0.29, 0.717) is 23.0 Å². The van der Waals surface area contributed by atoms with Crippen molar-refractivity contribution in [3.63, 3.8) is 0 Å². The van der Waals surface area contributed by atoms with Gasteiger partial charge in [0.25, 0.3) is 5.91 Å². The lowest BCUT2D eigenvalue weighted by molar-refractivity contribution is -0.148. The van der Waals surface area contributed by atoms with Crippen LogP contribution < -0.4 is 10.6 Å². The quantitative estimate of drug-likeness (QED) is 0.736. The fourth-order valence-electron chi connectivity index (χ4n) is 2.35. The third-order valence-electron chi connectivity index (χ3n) is 3.45. The van der Waals surface area contributed by atoms with E-state index in [0.717, 1.165) is 0 Å². The van der Waals surface area contributed by atoms with Crippen molar-refractivity contribution >= 4 is 34.8 Å². The molecule has 9 heteroatoms. The van der Waals surface area contributed by atoms with Crippen LogP contribution >= 0.6 is 0 Å². The number of esters is 2. The van der Waals surface area contributed by atoms with Gasteiger partial charge in [0.1, 0.15) is 6.54 Å². The molecule has 0 aliphatic heterocycles. The number of methoxy groups -OCH3 is 1. The van der Waals surface area contributed by atoms with Crippen LogP contribution in [0.25, 0.3) is 10.9 Å². The number of hydrogen-bond acceptors (Lipinski definition) is 6. The number of amides is 3. The molecule has 0 bridgehead atoms. The summed E-state index contributed by atoms with van der Waals surface area (Å²) in [5.41, 5.74) is 0.974. The number of imide groups is 1. The topological polar surface area (TPSA) is 116 Å². The first-order valence-electron chi connectivity index (χ1n) is 7.85. The number of para-hydroxylation sites is 1. The van der Waals surface area contributed by atoms with Gasteiger partial charge in [-0.15, -0.1) is 0 Å². The number of ether oxygens (including phenoxy) is 2. The molecule has 0 saturated carbocycles. The lowest BCUT2D eigenvalue weighted by Gasteiger charge is -2.07. The first kappa shape index (κ1) is 19.0. The predicted octanol–water partition coefficient (Wildman–Crippen LogP) is 0.817. The summed E-state index contributed by atoms with van der Waals surface area (Å²) in [5.74, 6) is -1.94. The lowest BCUT2D eigenvalue weighted by Crippen LogP contribution is -2.41. The maximum atomic E-state index is 12.0. The number of urea groups is 1. The van der Waals surface area contributed by atoms with Crippen LogP contribution in [0.1, 0.15) is 17.3 Å². The van der Waals surface area contributed by atoms with Gasteiger partial charge in [0, 0.05) is 23.6 Å². The molecule has 138 valence electrons. The van der Waals surface area contributed by atoms with Crippen LogP contribution in [0.15, 0.2) is 30.5 Å². The van der Waals surface area contributed by atoms with Gasteiger partial charge in [-0.3, -0.25) is 14.9 Å². The Balaban J connectivity index is 2.02. The minimum Gasteiger partial charge on any atom is -0.465 e. The molecule has 0 atom stereocenters. The molecule has 2 rings (SSSR count). The molecule has 0 saturated heterocycles. The van der Waals surface area contributed by atoms with Crippen molar-refractivity contribution in [2.75, 3.05) is 20.3 Å². The zero-order valence-electron chi connectivity index (χ0n) is 14.4. The molecular formula is C17H19N3O6. The van der Waals surface area contributed by atoms with Gasteiger partial charge in [0.05, 0.1) is 12.7 Å². The summed E-state index contributed by atoms with van der Waals surface area (Å²) in [6.45, 7) is 1.28. The Labute approximate surface area is 149 Å². The Hall–Kier alpha value is -3.36. The third kappa shape index (κ3) is 4.59. The summed E-state index contributed by atoms with van der Waals surface area (Å²) in [6, 6.07) is 6.36. The van der Waals surface area contributed by atoms with Crippen LogP contribution in [0.3, 0.4) is 0 Å². The molecule has 9 nitrogen and oxygen atoms in total. The van der Waals surface area contributed by atoms with Crippen molar-refractivity contribution in [3.8, 4) is 0 Å². The van der Waals surface area contributed by atoms with Gasteiger partial charge in [-0.2, -0.15) is 0 Å². The first-order chi connectivity index (χ1) is 12.5. The summed E-state index contributed by atoms with van der Waals surface area (Å²) in [5, 5.41) is 5.05. The van der Waals surface area contributed by atoms with Crippen LogP contribution in [-0.4, -0.2) is 48.7 Å².